The van der Waals surface area contributed by atoms with Gasteiger partial charge in [0.05, 0.1) is 19.3 Å². The van der Waals surface area contributed by atoms with E-state index in [1.807, 2.05) is 31.3 Å². The minimum Gasteiger partial charge on any atom is -0.375 e. The molecule has 2 aliphatic rings. The summed E-state index contributed by atoms with van der Waals surface area (Å²) < 4.78 is 7.90. The van der Waals surface area contributed by atoms with E-state index in [0.29, 0.717) is 12.6 Å². The second-order valence-corrected chi connectivity index (χ2v) is 7.23. The van der Waals surface area contributed by atoms with Crippen molar-refractivity contribution in [1.29, 1.82) is 0 Å². The van der Waals surface area contributed by atoms with Crippen molar-refractivity contribution in [3.63, 3.8) is 0 Å². The first-order valence-corrected chi connectivity index (χ1v) is 9.42. The number of carbonyl (C=O) groups excluding carboxylic acids is 1. The van der Waals surface area contributed by atoms with Crippen LogP contribution in [0.5, 0.6) is 0 Å². The van der Waals surface area contributed by atoms with Gasteiger partial charge in [0.15, 0.2) is 0 Å². The average Bonchev–Trinajstić information content (AvgIpc) is 3.07. The van der Waals surface area contributed by atoms with Crippen molar-refractivity contribution < 1.29 is 9.53 Å². The Morgan fingerprint density at radius 3 is 2.93 bits per heavy atom. The Morgan fingerprint density at radius 1 is 1.32 bits per heavy atom. The Hall–Kier alpha value is -1.60. The van der Waals surface area contributed by atoms with E-state index in [-0.39, 0.29) is 42.7 Å². The largest absolute Gasteiger partial charge is 0.375 e. The molecule has 2 heterocycles. The van der Waals surface area contributed by atoms with E-state index in [1.165, 1.54) is 0 Å². The number of halogens is 2. The van der Waals surface area contributed by atoms with Gasteiger partial charge in [-0.15, -0.1) is 24.8 Å². The molecule has 1 aliphatic heterocycles. The van der Waals surface area contributed by atoms with Gasteiger partial charge < -0.3 is 19.9 Å². The van der Waals surface area contributed by atoms with Crippen LogP contribution in [0.1, 0.15) is 30.7 Å². The van der Waals surface area contributed by atoms with E-state index in [9.17, 15) is 4.79 Å². The zero-order valence-electron chi connectivity index (χ0n) is 16.0. The number of amides is 1. The Morgan fingerprint density at radius 2 is 2.14 bits per heavy atom. The molecule has 1 aliphatic carbocycles. The third-order valence-electron chi connectivity index (χ3n) is 5.54. The van der Waals surface area contributed by atoms with E-state index in [4.69, 9.17) is 4.74 Å². The number of carbonyl (C=O) groups is 1. The molecule has 6 nitrogen and oxygen atoms in total. The highest BCUT2D eigenvalue weighted by Crippen LogP contribution is 2.29. The molecule has 2 aromatic rings. The van der Waals surface area contributed by atoms with Crippen molar-refractivity contribution in [2.75, 3.05) is 18.5 Å². The van der Waals surface area contributed by atoms with Crippen LogP contribution in [0.25, 0.3) is 0 Å². The summed E-state index contributed by atoms with van der Waals surface area (Å²) in [5, 5.41) is 6.67. The lowest BCUT2D eigenvalue weighted by atomic mass is 9.82. The summed E-state index contributed by atoms with van der Waals surface area (Å²) in [6.45, 7) is 4.34. The molecule has 0 bridgehead atoms. The summed E-state index contributed by atoms with van der Waals surface area (Å²) in [6.07, 6.45) is 6.71. The number of nitrogens with one attached hydrogen (secondary N) is 2. The van der Waals surface area contributed by atoms with Gasteiger partial charge in [-0.05, 0) is 37.8 Å². The zero-order valence-corrected chi connectivity index (χ0v) is 17.6. The molecular weight excluding hydrogens is 399 g/mol. The van der Waals surface area contributed by atoms with Crippen molar-refractivity contribution in [2.24, 2.45) is 5.92 Å². The number of ether oxygens (including phenoxy) is 1. The maximum absolute atomic E-state index is 12.9. The molecule has 28 heavy (non-hydrogen) atoms. The van der Waals surface area contributed by atoms with Gasteiger partial charge in [-0.25, -0.2) is 4.98 Å². The van der Waals surface area contributed by atoms with Gasteiger partial charge in [0.25, 0.3) is 0 Å². The summed E-state index contributed by atoms with van der Waals surface area (Å²) in [5.41, 5.74) is 1.98. The number of anilines is 1. The Kier molecular flexibility index (Phi) is 8.31. The quantitative estimate of drug-likeness (QED) is 0.787. The molecule has 3 atom stereocenters. The Balaban J connectivity index is 0.00000140. The van der Waals surface area contributed by atoms with E-state index >= 15 is 0 Å². The van der Waals surface area contributed by atoms with Crippen molar-refractivity contribution in [1.82, 2.24) is 14.9 Å². The lowest BCUT2D eigenvalue weighted by Crippen LogP contribution is -2.52. The molecule has 4 rings (SSSR count). The molecule has 2 fully saturated rings. The number of hydrogen-bond donors (Lipinski definition) is 2. The molecule has 1 aromatic heterocycles. The molecule has 1 aromatic carbocycles. The summed E-state index contributed by atoms with van der Waals surface area (Å²) in [5.74, 6) is 1.12. The summed E-state index contributed by atoms with van der Waals surface area (Å²) in [6, 6.07) is 8.31. The molecular formula is C20H28Cl2N4O2. The van der Waals surface area contributed by atoms with Gasteiger partial charge in [0, 0.05) is 36.6 Å². The smallest absolute Gasteiger partial charge is 0.227 e. The fourth-order valence-electron chi connectivity index (χ4n) is 4.02. The fourth-order valence-corrected chi connectivity index (χ4v) is 4.02. The van der Waals surface area contributed by atoms with Crippen LogP contribution >= 0.6 is 24.8 Å². The van der Waals surface area contributed by atoms with Gasteiger partial charge >= 0.3 is 0 Å². The third kappa shape index (κ3) is 5.06. The summed E-state index contributed by atoms with van der Waals surface area (Å²) >= 11 is 0. The number of hydrogen-bond acceptors (Lipinski definition) is 4. The first-order chi connectivity index (χ1) is 12.7. The topological polar surface area (TPSA) is 68.2 Å². The zero-order chi connectivity index (χ0) is 17.9. The third-order valence-corrected chi connectivity index (χ3v) is 5.54. The number of para-hydroxylation sites is 1. The van der Waals surface area contributed by atoms with E-state index in [1.54, 1.807) is 6.20 Å². The number of fused-ring (bicyclic) bond motifs is 1. The summed E-state index contributed by atoms with van der Waals surface area (Å²) in [7, 11) is 0. The van der Waals surface area contributed by atoms with Crippen LogP contribution in [0.4, 0.5) is 5.69 Å². The van der Waals surface area contributed by atoms with Crippen LogP contribution in [-0.2, 0) is 16.1 Å². The average molecular weight is 427 g/mol. The highest BCUT2D eigenvalue weighted by molar-refractivity contribution is 5.93. The number of aromatic nitrogens is 2. The SMILES string of the molecule is Cc1nccn1Cc1ccccc1NC(=O)[C@H]1CC[C@H]2OCCN[C@@H]2C1.Cl.Cl. The van der Waals surface area contributed by atoms with Crippen molar-refractivity contribution in [3.8, 4) is 0 Å². The molecule has 8 heteroatoms. The summed E-state index contributed by atoms with van der Waals surface area (Å²) in [4.78, 5) is 17.1. The van der Waals surface area contributed by atoms with Gasteiger partial charge in [-0.2, -0.15) is 0 Å². The van der Waals surface area contributed by atoms with Crippen molar-refractivity contribution in [3.05, 3.63) is 48.0 Å². The highest BCUT2D eigenvalue weighted by atomic mass is 35.5. The second kappa shape index (κ2) is 10.3. The van der Waals surface area contributed by atoms with Gasteiger partial charge in [0.2, 0.25) is 5.91 Å². The van der Waals surface area contributed by atoms with Gasteiger partial charge in [0.1, 0.15) is 5.82 Å². The number of imidazole rings is 1. The maximum Gasteiger partial charge on any atom is 0.227 e. The highest BCUT2D eigenvalue weighted by Gasteiger charge is 2.35. The lowest BCUT2D eigenvalue weighted by Gasteiger charge is -2.39. The molecule has 0 radical (unpaired) electrons. The predicted molar refractivity (Wildman–Crippen MR) is 115 cm³/mol. The molecule has 1 saturated heterocycles. The van der Waals surface area contributed by atoms with Crippen LogP contribution in [0.2, 0.25) is 0 Å². The van der Waals surface area contributed by atoms with E-state index in [0.717, 1.165) is 49.5 Å². The molecule has 2 N–H and O–H groups in total. The Labute approximate surface area is 178 Å². The molecule has 0 unspecified atom stereocenters. The fraction of sp³-hybridized carbons (Fsp3) is 0.500. The van der Waals surface area contributed by atoms with Crippen LogP contribution in [0, 0.1) is 12.8 Å². The second-order valence-electron chi connectivity index (χ2n) is 7.23. The first kappa shape index (κ1) is 22.7. The lowest BCUT2D eigenvalue weighted by molar-refractivity contribution is -0.123. The van der Waals surface area contributed by atoms with Crippen molar-refractivity contribution >= 4 is 36.4 Å². The van der Waals surface area contributed by atoms with Crippen molar-refractivity contribution in [2.45, 2.75) is 44.9 Å². The monoisotopic (exact) mass is 426 g/mol. The van der Waals surface area contributed by atoms with Crippen LogP contribution in [0.15, 0.2) is 36.7 Å². The normalized spacial score (nSPS) is 23.7. The van der Waals surface area contributed by atoms with Crippen LogP contribution in [0.3, 0.4) is 0 Å². The molecule has 154 valence electrons. The number of nitrogens with zero attached hydrogens (tertiary/aromatic N) is 2. The minimum absolute atomic E-state index is 0. The first-order valence-electron chi connectivity index (χ1n) is 9.42. The van der Waals surface area contributed by atoms with Gasteiger partial charge in [-0.3, -0.25) is 4.79 Å². The predicted octanol–water partition coefficient (Wildman–Crippen LogP) is 3.18. The maximum atomic E-state index is 12.9. The Bertz CT molecular complexity index is 783. The number of morpholine rings is 1. The van der Waals surface area contributed by atoms with Crippen LogP contribution in [-0.4, -0.2) is 40.8 Å². The number of aryl methyl sites for hydroxylation is 1. The van der Waals surface area contributed by atoms with Gasteiger partial charge in [-0.1, -0.05) is 18.2 Å². The standard InChI is InChI=1S/C20H26N4O2.2ClH/c1-14-21-8-10-24(14)13-16-4-2-3-5-17(16)23-20(25)15-6-7-19-18(12-15)22-9-11-26-19;;/h2-5,8,10,15,18-19,22H,6-7,9,11-13H2,1H3,(H,23,25);2*1H/t15-,18+,19+;;/m0../s1. The molecule has 1 amide bonds. The van der Waals surface area contributed by atoms with E-state index < -0.39 is 0 Å². The molecule has 1 saturated carbocycles. The molecule has 0 spiro atoms. The van der Waals surface area contributed by atoms with E-state index in [2.05, 4.69) is 26.3 Å². The van der Waals surface area contributed by atoms with Crippen LogP contribution < -0.4 is 10.6 Å². The number of rotatable bonds is 4. The minimum atomic E-state index is 0. The number of benzene rings is 1.